The third kappa shape index (κ3) is 2.75. The highest BCUT2D eigenvalue weighted by atomic mass is 35.5. The van der Waals surface area contributed by atoms with E-state index in [1.165, 1.54) is 6.20 Å². The monoisotopic (exact) mass is 263 g/mol. The van der Waals surface area contributed by atoms with E-state index >= 15 is 0 Å². The lowest BCUT2D eigenvalue weighted by Crippen LogP contribution is -2.08. The maximum absolute atomic E-state index is 10.8. The van der Waals surface area contributed by atoms with Gasteiger partial charge in [0.15, 0.2) is 0 Å². The van der Waals surface area contributed by atoms with Crippen molar-refractivity contribution in [3.05, 3.63) is 52.4 Å². The Balaban J connectivity index is 2.22. The third-order valence-electron chi connectivity index (χ3n) is 2.37. The van der Waals surface area contributed by atoms with Crippen LogP contribution in [0, 0.1) is 0 Å². The van der Waals surface area contributed by atoms with Crippen LogP contribution < -0.4 is 5.73 Å². The molecule has 0 atom stereocenters. The second kappa shape index (κ2) is 5.01. The van der Waals surface area contributed by atoms with Gasteiger partial charge >= 0.3 is 5.97 Å². The van der Waals surface area contributed by atoms with Crippen molar-refractivity contribution in [3.63, 3.8) is 0 Å². The first kappa shape index (κ1) is 12.3. The summed E-state index contributed by atoms with van der Waals surface area (Å²) in [4.78, 5) is 18.7. The van der Waals surface area contributed by atoms with Crippen LogP contribution >= 0.6 is 11.6 Å². The van der Waals surface area contributed by atoms with Gasteiger partial charge in [-0.05, 0) is 17.7 Å². The van der Waals surface area contributed by atoms with Gasteiger partial charge in [-0.25, -0.2) is 14.8 Å². The Bertz CT molecular complexity index is 584. The van der Waals surface area contributed by atoms with Crippen LogP contribution in [0.5, 0.6) is 0 Å². The molecule has 6 heteroatoms. The normalized spacial score (nSPS) is 10.3. The minimum atomic E-state index is -1.13. The molecule has 1 aromatic heterocycles. The number of carboxylic acid groups (broad SMARTS) is 1. The van der Waals surface area contributed by atoms with Gasteiger partial charge in [0.2, 0.25) is 0 Å². The van der Waals surface area contributed by atoms with Gasteiger partial charge in [-0.1, -0.05) is 23.7 Å². The molecule has 0 radical (unpaired) electrons. The van der Waals surface area contributed by atoms with E-state index < -0.39 is 5.97 Å². The number of carboxylic acids is 1. The van der Waals surface area contributed by atoms with Crippen LogP contribution in [0.15, 0.2) is 30.5 Å². The molecule has 2 aromatic rings. The van der Waals surface area contributed by atoms with Crippen molar-refractivity contribution in [2.24, 2.45) is 0 Å². The number of nitrogen functional groups attached to an aromatic ring is 1. The van der Waals surface area contributed by atoms with Gasteiger partial charge < -0.3 is 10.8 Å². The molecule has 18 heavy (non-hydrogen) atoms. The predicted octanol–water partition coefficient (Wildman–Crippen LogP) is 2.00. The quantitative estimate of drug-likeness (QED) is 0.884. The van der Waals surface area contributed by atoms with Gasteiger partial charge in [0, 0.05) is 17.6 Å². The highest BCUT2D eigenvalue weighted by Gasteiger charge is 2.10. The predicted molar refractivity (Wildman–Crippen MR) is 67.7 cm³/mol. The van der Waals surface area contributed by atoms with Crippen molar-refractivity contribution in [1.82, 2.24) is 9.97 Å². The first-order chi connectivity index (χ1) is 8.56. The smallest absolute Gasteiger partial charge is 0.341 e. The lowest BCUT2D eigenvalue weighted by Gasteiger charge is -2.04. The van der Waals surface area contributed by atoms with Crippen LogP contribution in [0.3, 0.4) is 0 Å². The lowest BCUT2D eigenvalue weighted by atomic mass is 10.1. The van der Waals surface area contributed by atoms with E-state index in [0.29, 0.717) is 17.3 Å². The highest BCUT2D eigenvalue weighted by molar-refractivity contribution is 6.30. The molecule has 92 valence electrons. The molecule has 0 saturated carbocycles. The van der Waals surface area contributed by atoms with E-state index in [0.717, 1.165) is 5.56 Å². The number of carbonyl (C=O) groups is 1. The van der Waals surface area contributed by atoms with Crippen LogP contribution in [0.2, 0.25) is 5.02 Å². The number of nitrogens with two attached hydrogens (primary N) is 1. The van der Waals surface area contributed by atoms with Gasteiger partial charge in [-0.2, -0.15) is 0 Å². The summed E-state index contributed by atoms with van der Waals surface area (Å²) in [5, 5.41) is 9.46. The molecule has 1 aromatic carbocycles. The molecule has 5 nitrogen and oxygen atoms in total. The van der Waals surface area contributed by atoms with Gasteiger partial charge in [-0.15, -0.1) is 0 Å². The van der Waals surface area contributed by atoms with Crippen LogP contribution in [0.1, 0.15) is 21.7 Å². The minimum Gasteiger partial charge on any atom is -0.477 e. The Morgan fingerprint density at radius 3 is 2.56 bits per heavy atom. The molecule has 2 rings (SSSR count). The van der Waals surface area contributed by atoms with E-state index in [4.69, 9.17) is 22.4 Å². The van der Waals surface area contributed by atoms with Gasteiger partial charge in [0.25, 0.3) is 0 Å². The van der Waals surface area contributed by atoms with E-state index in [9.17, 15) is 4.79 Å². The molecule has 0 aliphatic rings. The number of nitrogens with zero attached hydrogens (tertiary/aromatic N) is 2. The average Bonchev–Trinajstić information content (AvgIpc) is 2.32. The summed E-state index contributed by atoms with van der Waals surface area (Å²) in [7, 11) is 0. The Labute approximate surface area is 108 Å². The van der Waals surface area contributed by atoms with Gasteiger partial charge in [0.05, 0.1) is 0 Å². The van der Waals surface area contributed by atoms with Crippen LogP contribution in [-0.4, -0.2) is 21.0 Å². The van der Waals surface area contributed by atoms with E-state index in [2.05, 4.69) is 9.97 Å². The lowest BCUT2D eigenvalue weighted by molar-refractivity contribution is 0.0697. The van der Waals surface area contributed by atoms with Crippen molar-refractivity contribution in [2.45, 2.75) is 6.42 Å². The number of rotatable bonds is 3. The van der Waals surface area contributed by atoms with E-state index in [-0.39, 0.29) is 11.4 Å². The standard InChI is InChI=1S/C12H10ClN3O2/c13-8-3-1-7(2-4-8)5-10-15-6-9(12(17)18)11(14)16-10/h1-4,6H,5H2,(H,17,18)(H2,14,15,16). The summed E-state index contributed by atoms with van der Waals surface area (Å²) in [6, 6.07) is 7.25. The van der Waals surface area contributed by atoms with Crippen LogP contribution in [-0.2, 0) is 6.42 Å². The molecule has 0 spiro atoms. The number of hydrogen-bond acceptors (Lipinski definition) is 4. The zero-order chi connectivity index (χ0) is 13.1. The largest absolute Gasteiger partial charge is 0.477 e. The molecule has 0 aliphatic heterocycles. The number of anilines is 1. The maximum atomic E-state index is 10.8. The fourth-order valence-electron chi connectivity index (χ4n) is 1.47. The first-order valence-electron chi connectivity index (χ1n) is 5.15. The minimum absolute atomic E-state index is 0.0264. The highest BCUT2D eigenvalue weighted by Crippen LogP contribution is 2.13. The number of benzene rings is 1. The van der Waals surface area contributed by atoms with Crippen LogP contribution in [0.25, 0.3) is 0 Å². The Morgan fingerprint density at radius 1 is 1.33 bits per heavy atom. The zero-order valence-electron chi connectivity index (χ0n) is 9.30. The summed E-state index contributed by atoms with van der Waals surface area (Å²) >= 11 is 5.78. The summed E-state index contributed by atoms with van der Waals surface area (Å²) in [5.74, 6) is -0.688. The molecule has 1 heterocycles. The first-order valence-corrected chi connectivity index (χ1v) is 5.53. The molecule has 0 saturated heterocycles. The SMILES string of the molecule is Nc1nc(Cc2ccc(Cl)cc2)ncc1C(=O)O. The Hall–Kier alpha value is -2.14. The second-order valence-electron chi connectivity index (χ2n) is 3.69. The Morgan fingerprint density at radius 2 is 2.00 bits per heavy atom. The number of halogens is 1. The zero-order valence-corrected chi connectivity index (χ0v) is 10.1. The van der Waals surface area contributed by atoms with Crippen molar-refractivity contribution in [3.8, 4) is 0 Å². The molecular formula is C12H10ClN3O2. The molecule has 0 aliphatic carbocycles. The Kier molecular flexibility index (Phi) is 3.43. The van der Waals surface area contributed by atoms with Gasteiger partial charge in [-0.3, -0.25) is 0 Å². The van der Waals surface area contributed by atoms with Crippen LogP contribution in [0.4, 0.5) is 5.82 Å². The topological polar surface area (TPSA) is 89.1 Å². The van der Waals surface area contributed by atoms with Crippen molar-refractivity contribution in [1.29, 1.82) is 0 Å². The summed E-state index contributed by atoms with van der Waals surface area (Å²) in [5.41, 5.74) is 6.43. The second-order valence-corrected chi connectivity index (χ2v) is 4.13. The van der Waals surface area contributed by atoms with E-state index in [1.807, 2.05) is 12.1 Å². The summed E-state index contributed by atoms with van der Waals surface area (Å²) < 4.78 is 0. The summed E-state index contributed by atoms with van der Waals surface area (Å²) in [6.07, 6.45) is 1.69. The molecule has 3 N–H and O–H groups in total. The number of aromatic nitrogens is 2. The summed E-state index contributed by atoms with van der Waals surface area (Å²) in [6.45, 7) is 0. The van der Waals surface area contributed by atoms with Crippen molar-refractivity contribution in [2.75, 3.05) is 5.73 Å². The van der Waals surface area contributed by atoms with E-state index in [1.54, 1.807) is 12.1 Å². The number of aromatic carboxylic acids is 1. The molecule has 0 fully saturated rings. The number of hydrogen-bond donors (Lipinski definition) is 2. The maximum Gasteiger partial charge on any atom is 0.341 e. The van der Waals surface area contributed by atoms with Gasteiger partial charge in [0.1, 0.15) is 17.2 Å². The van der Waals surface area contributed by atoms with Crippen molar-refractivity contribution >= 4 is 23.4 Å². The average molecular weight is 264 g/mol. The molecular weight excluding hydrogens is 254 g/mol. The molecule has 0 unspecified atom stereocenters. The van der Waals surface area contributed by atoms with Crippen molar-refractivity contribution < 1.29 is 9.90 Å². The fourth-order valence-corrected chi connectivity index (χ4v) is 1.59. The fraction of sp³-hybridized carbons (Fsp3) is 0.0833. The molecule has 0 bridgehead atoms. The molecule has 0 amide bonds. The third-order valence-corrected chi connectivity index (χ3v) is 2.63.